The molecule has 0 fully saturated rings. The van der Waals surface area contributed by atoms with Crippen LogP contribution in [0.25, 0.3) is 27.8 Å². The summed E-state index contributed by atoms with van der Waals surface area (Å²) in [7, 11) is 0. The zero-order valence-corrected chi connectivity index (χ0v) is 20.0. The average Bonchev–Trinajstić information content (AvgIpc) is 3.29. The molecule has 5 aromatic rings. The quantitative estimate of drug-likeness (QED) is 0.317. The predicted molar refractivity (Wildman–Crippen MR) is 138 cm³/mol. The molecule has 2 heterocycles. The van der Waals surface area contributed by atoms with E-state index in [1.165, 1.54) is 12.1 Å². The van der Waals surface area contributed by atoms with Gasteiger partial charge in [-0.3, -0.25) is 4.79 Å². The summed E-state index contributed by atoms with van der Waals surface area (Å²) in [5.74, 6) is 0.307. The van der Waals surface area contributed by atoms with Gasteiger partial charge in [-0.05, 0) is 67.9 Å². The Hall–Kier alpha value is -4.52. The molecule has 6 nitrogen and oxygen atoms in total. The van der Waals surface area contributed by atoms with Gasteiger partial charge in [-0.2, -0.15) is 5.10 Å². The van der Waals surface area contributed by atoms with Gasteiger partial charge in [-0.25, -0.2) is 14.1 Å². The van der Waals surface area contributed by atoms with Gasteiger partial charge in [0.15, 0.2) is 0 Å². The second kappa shape index (κ2) is 10.00. The fourth-order valence-corrected chi connectivity index (χ4v) is 4.15. The minimum Gasteiger partial charge on any atom is -0.494 e. The van der Waals surface area contributed by atoms with E-state index in [1.54, 1.807) is 29.1 Å². The summed E-state index contributed by atoms with van der Waals surface area (Å²) in [6.07, 6.45) is 1.72. The molecule has 0 atom stereocenters. The first-order valence-electron chi connectivity index (χ1n) is 11.7. The van der Waals surface area contributed by atoms with E-state index in [2.05, 4.69) is 10.4 Å². The number of nitrogens with one attached hydrogen (secondary N) is 1. The van der Waals surface area contributed by atoms with Crippen LogP contribution >= 0.6 is 0 Å². The summed E-state index contributed by atoms with van der Waals surface area (Å²) in [6.45, 7) is 4.86. The van der Waals surface area contributed by atoms with Gasteiger partial charge in [-0.15, -0.1) is 0 Å². The van der Waals surface area contributed by atoms with E-state index < -0.39 is 0 Å². The number of para-hydroxylation sites is 1. The summed E-state index contributed by atoms with van der Waals surface area (Å²) in [5.41, 5.74) is 5.25. The molecule has 0 aliphatic carbocycles. The molecule has 0 saturated carbocycles. The Kier molecular flexibility index (Phi) is 6.45. The second-order valence-corrected chi connectivity index (χ2v) is 8.36. The first kappa shape index (κ1) is 23.2. The SMILES string of the molecule is CCOc1ccc(CNC(=O)c2cc(-c3cnn(-c4ccc(F)cc4)c3C)nc3ccccc23)cc1. The number of carbonyl (C=O) groups excluding carboxylic acids is 1. The number of pyridine rings is 1. The molecule has 1 N–H and O–H groups in total. The van der Waals surface area contributed by atoms with Crippen LogP contribution in [0.3, 0.4) is 0 Å². The van der Waals surface area contributed by atoms with Crippen LogP contribution in [0.2, 0.25) is 0 Å². The molecule has 36 heavy (non-hydrogen) atoms. The van der Waals surface area contributed by atoms with Crippen LogP contribution < -0.4 is 10.1 Å². The van der Waals surface area contributed by atoms with Crippen molar-refractivity contribution in [3.8, 4) is 22.7 Å². The lowest BCUT2D eigenvalue weighted by atomic mass is 10.0. The number of nitrogens with zero attached hydrogens (tertiary/aromatic N) is 3. The maximum absolute atomic E-state index is 13.4. The van der Waals surface area contributed by atoms with Gasteiger partial charge < -0.3 is 10.1 Å². The molecule has 0 radical (unpaired) electrons. The number of halogens is 1. The van der Waals surface area contributed by atoms with Gasteiger partial charge in [0.2, 0.25) is 0 Å². The molecule has 2 aromatic heterocycles. The Labute approximate surface area is 208 Å². The number of hydrogen-bond donors (Lipinski definition) is 1. The van der Waals surface area contributed by atoms with E-state index in [9.17, 15) is 9.18 Å². The lowest BCUT2D eigenvalue weighted by molar-refractivity contribution is 0.0952. The maximum Gasteiger partial charge on any atom is 0.252 e. The Morgan fingerprint density at radius 3 is 2.53 bits per heavy atom. The molecular weight excluding hydrogens is 455 g/mol. The van der Waals surface area contributed by atoms with Gasteiger partial charge in [0.05, 0.1) is 41.0 Å². The average molecular weight is 481 g/mol. The highest BCUT2D eigenvalue weighted by atomic mass is 19.1. The third-order valence-corrected chi connectivity index (χ3v) is 6.01. The molecular formula is C29H25FN4O2. The monoisotopic (exact) mass is 480 g/mol. The van der Waals surface area contributed by atoms with E-state index in [-0.39, 0.29) is 11.7 Å². The van der Waals surface area contributed by atoms with Crippen LogP contribution in [-0.4, -0.2) is 27.3 Å². The number of ether oxygens (including phenoxy) is 1. The molecule has 0 unspecified atom stereocenters. The van der Waals surface area contributed by atoms with Gasteiger partial charge in [0, 0.05) is 17.5 Å². The summed E-state index contributed by atoms with van der Waals surface area (Å²) >= 11 is 0. The molecule has 0 spiro atoms. The Balaban J connectivity index is 1.46. The summed E-state index contributed by atoms with van der Waals surface area (Å²) in [4.78, 5) is 18.1. The number of hydrogen-bond acceptors (Lipinski definition) is 4. The molecule has 5 rings (SSSR count). The van der Waals surface area contributed by atoms with Crippen molar-refractivity contribution >= 4 is 16.8 Å². The van der Waals surface area contributed by atoms with Crippen LogP contribution in [0.1, 0.15) is 28.5 Å². The molecule has 3 aromatic carbocycles. The maximum atomic E-state index is 13.4. The summed E-state index contributed by atoms with van der Waals surface area (Å²) in [6, 6.07) is 23.2. The fraction of sp³-hybridized carbons (Fsp3) is 0.138. The Morgan fingerprint density at radius 2 is 1.78 bits per heavy atom. The fourth-order valence-electron chi connectivity index (χ4n) is 4.15. The van der Waals surface area contributed by atoms with E-state index in [1.807, 2.05) is 62.4 Å². The number of carbonyl (C=O) groups is 1. The topological polar surface area (TPSA) is 69.0 Å². The first-order valence-corrected chi connectivity index (χ1v) is 11.7. The highest BCUT2D eigenvalue weighted by Crippen LogP contribution is 2.28. The predicted octanol–water partition coefficient (Wildman–Crippen LogP) is 5.86. The van der Waals surface area contributed by atoms with Crippen LogP contribution in [0, 0.1) is 12.7 Å². The van der Waals surface area contributed by atoms with Crippen molar-refractivity contribution in [2.45, 2.75) is 20.4 Å². The van der Waals surface area contributed by atoms with Crippen molar-refractivity contribution < 1.29 is 13.9 Å². The highest BCUT2D eigenvalue weighted by molar-refractivity contribution is 6.07. The minimum atomic E-state index is -0.305. The molecule has 180 valence electrons. The zero-order valence-electron chi connectivity index (χ0n) is 20.0. The van der Waals surface area contributed by atoms with Crippen molar-refractivity contribution in [3.05, 3.63) is 108 Å². The van der Waals surface area contributed by atoms with Gasteiger partial charge in [0.1, 0.15) is 11.6 Å². The molecule has 0 aliphatic rings. The third-order valence-electron chi connectivity index (χ3n) is 6.01. The lowest BCUT2D eigenvalue weighted by Gasteiger charge is -2.11. The standard InChI is InChI=1S/C29H25FN4O2/c1-3-36-23-14-8-20(9-15-23)17-31-29(35)25-16-28(33-27-7-5-4-6-24(25)27)26-18-32-34(19(26)2)22-12-10-21(30)11-13-22/h4-16,18H,3,17H2,1-2H3,(H,31,35). The number of amides is 1. The number of benzene rings is 3. The van der Waals surface area contributed by atoms with E-state index in [4.69, 9.17) is 9.72 Å². The molecule has 0 bridgehead atoms. The molecule has 0 aliphatic heterocycles. The first-order chi connectivity index (χ1) is 17.5. The van der Waals surface area contributed by atoms with Gasteiger partial charge in [-0.1, -0.05) is 30.3 Å². The van der Waals surface area contributed by atoms with Crippen molar-refractivity contribution in [2.24, 2.45) is 0 Å². The Bertz CT molecular complexity index is 1530. The summed E-state index contributed by atoms with van der Waals surface area (Å²) < 4.78 is 20.6. The van der Waals surface area contributed by atoms with Gasteiger partial charge >= 0.3 is 0 Å². The minimum absolute atomic E-state index is 0.188. The lowest BCUT2D eigenvalue weighted by Crippen LogP contribution is -2.23. The molecule has 7 heteroatoms. The van der Waals surface area contributed by atoms with E-state index >= 15 is 0 Å². The van der Waals surface area contributed by atoms with Crippen molar-refractivity contribution in [3.63, 3.8) is 0 Å². The number of rotatable bonds is 7. The van der Waals surface area contributed by atoms with Crippen LogP contribution in [0.15, 0.2) is 85.1 Å². The third kappa shape index (κ3) is 4.68. The summed E-state index contributed by atoms with van der Waals surface area (Å²) in [5, 5.41) is 8.28. The smallest absolute Gasteiger partial charge is 0.252 e. The van der Waals surface area contributed by atoms with Crippen molar-refractivity contribution in [2.75, 3.05) is 6.61 Å². The number of fused-ring (bicyclic) bond motifs is 1. The van der Waals surface area contributed by atoms with E-state index in [0.717, 1.165) is 39.2 Å². The number of aromatic nitrogens is 3. The Morgan fingerprint density at radius 1 is 1.03 bits per heavy atom. The highest BCUT2D eigenvalue weighted by Gasteiger charge is 2.17. The second-order valence-electron chi connectivity index (χ2n) is 8.36. The van der Waals surface area contributed by atoms with Gasteiger partial charge in [0.25, 0.3) is 5.91 Å². The zero-order chi connectivity index (χ0) is 25.1. The normalized spacial score (nSPS) is 11.0. The van der Waals surface area contributed by atoms with Crippen LogP contribution in [-0.2, 0) is 6.54 Å². The van der Waals surface area contributed by atoms with Crippen molar-refractivity contribution in [1.82, 2.24) is 20.1 Å². The van der Waals surface area contributed by atoms with Crippen molar-refractivity contribution in [1.29, 1.82) is 0 Å². The van der Waals surface area contributed by atoms with Crippen LogP contribution in [0.4, 0.5) is 4.39 Å². The van der Waals surface area contributed by atoms with E-state index in [0.29, 0.717) is 24.4 Å². The molecule has 1 amide bonds. The molecule has 0 saturated heterocycles. The largest absolute Gasteiger partial charge is 0.494 e. The van der Waals surface area contributed by atoms with Crippen LogP contribution in [0.5, 0.6) is 5.75 Å².